The van der Waals surface area contributed by atoms with E-state index in [-0.39, 0.29) is 5.92 Å². The van der Waals surface area contributed by atoms with Crippen molar-refractivity contribution in [3.05, 3.63) is 0 Å². The van der Waals surface area contributed by atoms with Gasteiger partial charge in [0.05, 0.1) is 0 Å². The van der Waals surface area contributed by atoms with Crippen LogP contribution >= 0.6 is 0 Å². The van der Waals surface area contributed by atoms with E-state index in [0.29, 0.717) is 0 Å². The Labute approximate surface area is 52.1 Å². The summed E-state index contributed by atoms with van der Waals surface area (Å²) in [5, 5.41) is 0. The van der Waals surface area contributed by atoms with Gasteiger partial charge in [0.15, 0.2) is 0 Å². The zero-order chi connectivity index (χ0) is 6.91. The fourth-order valence-electron chi connectivity index (χ4n) is 1.02. The maximum absolute atomic E-state index is 11.5. The summed E-state index contributed by atoms with van der Waals surface area (Å²) >= 11 is 0. The van der Waals surface area contributed by atoms with Crippen LogP contribution in [-0.4, -0.2) is 6.18 Å². The van der Waals surface area contributed by atoms with Crippen molar-refractivity contribution in [1.82, 2.24) is 0 Å². The smallest absolute Gasteiger partial charge is 0.171 e. The molecule has 0 spiro atoms. The van der Waals surface area contributed by atoms with E-state index in [9.17, 15) is 13.2 Å². The molecule has 1 saturated carbocycles. The predicted molar refractivity (Wildman–Crippen MR) is 28.0 cm³/mol. The van der Waals surface area contributed by atoms with Crippen molar-refractivity contribution < 1.29 is 13.2 Å². The SMILES string of the molecule is FC(F)(F)CC1CCC1. The number of rotatable bonds is 1. The van der Waals surface area contributed by atoms with Crippen LogP contribution in [0.25, 0.3) is 0 Å². The van der Waals surface area contributed by atoms with Crippen LogP contribution in [0.4, 0.5) is 13.2 Å². The second-order valence-electron chi connectivity index (χ2n) is 2.62. The molecule has 0 atom stereocenters. The summed E-state index contributed by atoms with van der Waals surface area (Å²) in [5.74, 6) is -0.0509. The van der Waals surface area contributed by atoms with E-state index in [0.717, 1.165) is 19.3 Å². The highest BCUT2D eigenvalue weighted by atomic mass is 19.4. The van der Waals surface area contributed by atoms with Crippen molar-refractivity contribution in [3.63, 3.8) is 0 Å². The maximum atomic E-state index is 11.5. The van der Waals surface area contributed by atoms with Crippen LogP contribution in [-0.2, 0) is 0 Å². The molecule has 0 N–H and O–H groups in total. The van der Waals surface area contributed by atoms with Gasteiger partial charge in [0.2, 0.25) is 0 Å². The molecule has 1 fully saturated rings. The quantitative estimate of drug-likeness (QED) is 0.522. The van der Waals surface area contributed by atoms with E-state index in [1.807, 2.05) is 0 Å². The molecule has 1 rings (SSSR count). The average Bonchev–Trinajstić information content (AvgIpc) is 1.53. The Bertz CT molecular complexity index is 91.0. The van der Waals surface area contributed by atoms with Gasteiger partial charge in [-0.2, -0.15) is 13.2 Å². The Kier molecular flexibility index (Phi) is 1.68. The fraction of sp³-hybridized carbons (Fsp3) is 1.00. The van der Waals surface area contributed by atoms with Crippen LogP contribution in [0.1, 0.15) is 25.7 Å². The monoisotopic (exact) mass is 138 g/mol. The summed E-state index contributed by atoms with van der Waals surface area (Å²) in [6, 6.07) is 0. The van der Waals surface area contributed by atoms with Crippen LogP contribution in [0.2, 0.25) is 0 Å². The zero-order valence-corrected chi connectivity index (χ0v) is 5.04. The van der Waals surface area contributed by atoms with Gasteiger partial charge in [-0.25, -0.2) is 0 Å². The topological polar surface area (TPSA) is 0 Å². The molecule has 0 bridgehead atoms. The van der Waals surface area contributed by atoms with Crippen molar-refractivity contribution in [2.24, 2.45) is 5.92 Å². The van der Waals surface area contributed by atoms with Gasteiger partial charge in [-0.15, -0.1) is 0 Å². The lowest BCUT2D eigenvalue weighted by molar-refractivity contribution is -0.149. The van der Waals surface area contributed by atoms with Gasteiger partial charge in [-0.3, -0.25) is 0 Å². The van der Waals surface area contributed by atoms with Crippen LogP contribution in [0.3, 0.4) is 0 Å². The van der Waals surface area contributed by atoms with E-state index in [4.69, 9.17) is 0 Å². The maximum Gasteiger partial charge on any atom is 0.389 e. The Morgan fingerprint density at radius 2 is 1.78 bits per heavy atom. The lowest BCUT2D eigenvalue weighted by Crippen LogP contribution is -2.20. The molecule has 1 aliphatic rings. The highest BCUT2D eigenvalue weighted by molar-refractivity contribution is 4.72. The van der Waals surface area contributed by atoms with Crippen molar-refractivity contribution in [1.29, 1.82) is 0 Å². The molecule has 0 aromatic rings. The Hall–Kier alpha value is -0.210. The molecule has 0 saturated heterocycles. The molecule has 0 aliphatic heterocycles. The first kappa shape index (κ1) is 6.90. The first-order valence-corrected chi connectivity index (χ1v) is 3.15. The molecule has 0 nitrogen and oxygen atoms in total. The van der Waals surface area contributed by atoms with Crippen molar-refractivity contribution in [2.75, 3.05) is 0 Å². The molecule has 0 amide bonds. The van der Waals surface area contributed by atoms with Crippen molar-refractivity contribution in [2.45, 2.75) is 31.9 Å². The largest absolute Gasteiger partial charge is 0.389 e. The summed E-state index contributed by atoms with van der Waals surface area (Å²) in [6.45, 7) is 0. The normalized spacial score (nSPS) is 21.7. The summed E-state index contributed by atoms with van der Waals surface area (Å²) in [7, 11) is 0. The van der Waals surface area contributed by atoms with Gasteiger partial charge in [0, 0.05) is 6.42 Å². The summed E-state index contributed by atoms with van der Waals surface area (Å²) < 4.78 is 34.6. The van der Waals surface area contributed by atoms with E-state index in [1.165, 1.54) is 0 Å². The van der Waals surface area contributed by atoms with Gasteiger partial charge >= 0.3 is 6.18 Å². The molecule has 0 unspecified atom stereocenters. The summed E-state index contributed by atoms with van der Waals surface area (Å²) in [5.41, 5.74) is 0. The molecule has 3 heteroatoms. The lowest BCUT2D eigenvalue weighted by Gasteiger charge is -2.25. The number of hydrogen-bond acceptors (Lipinski definition) is 0. The minimum Gasteiger partial charge on any atom is -0.171 e. The van der Waals surface area contributed by atoms with Gasteiger partial charge in [-0.05, 0) is 5.92 Å². The van der Waals surface area contributed by atoms with Gasteiger partial charge < -0.3 is 0 Å². The fourth-order valence-corrected chi connectivity index (χ4v) is 1.02. The molecule has 1 aliphatic carbocycles. The van der Waals surface area contributed by atoms with E-state index in [2.05, 4.69) is 0 Å². The van der Waals surface area contributed by atoms with Crippen LogP contribution in [0.5, 0.6) is 0 Å². The van der Waals surface area contributed by atoms with Crippen LogP contribution in [0, 0.1) is 5.92 Å². The second-order valence-corrected chi connectivity index (χ2v) is 2.62. The molecule has 0 aromatic heterocycles. The predicted octanol–water partition coefficient (Wildman–Crippen LogP) is 2.74. The molecular formula is C6H9F3. The van der Waals surface area contributed by atoms with Crippen molar-refractivity contribution >= 4 is 0 Å². The minimum atomic E-state index is -3.93. The number of halogens is 3. The van der Waals surface area contributed by atoms with Crippen molar-refractivity contribution in [3.8, 4) is 0 Å². The average molecular weight is 138 g/mol. The van der Waals surface area contributed by atoms with Crippen LogP contribution in [0.15, 0.2) is 0 Å². The lowest BCUT2D eigenvalue weighted by atomic mass is 9.83. The molecule has 9 heavy (non-hydrogen) atoms. The molecule has 0 heterocycles. The van der Waals surface area contributed by atoms with E-state index < -0.39 is 12.6 Å². The van der Waals surface area contributed by atoms with E-state index in [1.54, 1.807) is 0 Å². The number of alkyl halides is 3. The molecule has 54 valence electrons. The van der Waals surface area contributed by atoms with Crippen LogP contribution < -0.4 is 0 Å². The second kappa shape index (κ2) is 2.20. The molecule has 0 aromatic carbocycles. The third-order valence-corrected chi connectivity index (χ3v) is 1.74. The first-order valence-electron chi connectivity index (χ1n) is 3.15. The van der Waals surface area contributed by atoms with Gasteiger partial charge in [0.1, 0.15) is 0 Å². The Morgan fingerprint density at radius 1 is 1.22 bits per heavy atom. The molecular weight excluding hydrogens is 129 g/mol. The Morgan fingerprint density at radius 3 is 1.89 bits per heavy atom. The molecule has 0 radical (unpaired) electrons. The van der Waals surface area contributed by atoms with Gasteiger partial charge in [0.25, 0.3) is 0 Å². The van der Waals surface area contributed by atoms with E-state index >= 15 is 0 Å². The van der Waals surface area contributed by atoms with Gasteiger partial charge in [-0.1, -0.05) is 19.3 Å². The third kappa shape index (κ3) is 2.24. The third-order valence-electron chi connectivity index (χ3n) is 1.74. The summed E-state index contributed by atoms with van der Waals surface area (Å²) in [4.78, 5) is 0. The number of hydrogen-bond donors (Lipinski definition) is 0. The summed E-state index contributed by atoms with van der Waals surface area (Å²) in [6.07, 6.45) is -1.95. The standard InChI is InChI=1S/C6H9F3/c7-6(8,9)4-5-2-1-3-5/h5H,1-4H2. The highest BCUT2D eigenvalue weighted by Gasteiger charge is 2.34. The minimum absolute atomic E-state index is 0.0509. The highest BCUT2D eigenvalue weighted by Crippen LogP contribution is 2.36. The first-order chi connectivity index (χ1) is 4.08. The Balaban J connectivity index is 2.16. The zero-order valence-electron chi connectivity index (χ0n) is 5.04.